The van der Waals surface area contributed by atoms with Gasteiger partial charge in [0.15, 0.2) is 0 Å². The van der Waals surface area contributed by atoms with Crippen molar-refractivity contribution in [2.75, 3.05) is 0 Å². The number of carbonyl (C=O) groups excluding carboxylic acids is 1. The largest absolute Gasteiger partial charge is 0.439 e. The molecule has 0 bridgehead atoms. The van der Waals surface area contributed by atoms with Gasteiger partial charge in [0, 0.05) is 12.0 Å². The van der Waals surface area contributed by atoms with Crippen molar-refractivity contribution in [1.29, 1.82) is 0 Å². The van der Waals surface area contributed by atoms with Crippen LogP contribution in [0.25, 0.3) is 0 Å². The SMILES string of the molecule is O=CCc1ccc(Cl)nc1Oc1ccccc1. The second kappa shape index (κ2) is 5.46. The van der Waals surface area contributed by atoms with Crippen molar-refractivity contribution in [3.05, 3.63) is 53.2 Å². The average Bonchev–Trinajstić information content (AvgIpc) is 2.34. The van der Waals surface area contributed by atoms with Gasteiger partial charge in [0.25, 0.3) is 0 Å². The Balaban J connectivity index is 2.30. The maximum absolute atomic E-state index is 10.5. The Labute approximate surface area is 104 Å². The summed E-state index contributed by atoms with van der Waals surface area (Å²) >= 11 is 5.80. The minimum absolute atomic E-state index is 0.256. The molecule has 0 fully saturated rings. The van der Waals surface area contributed by atoms with Crippen molar-refractivity contribution in [3.63, 3.8) is 0 Å². The van der Waals surface area contributed by atoms with E-state index in [2.05, 4.69) is 4.98 Å². The zero-order valence-electron chi connectivity index (χ0n) is 8.97. The third-order valence-electron chi connectivity index (χ3n) is 2.17. The van der Waals surface area contributed by atoms with Crippen molar-refractivity contribution < 1.29 is 9.53 Å². The topological polar surface area (TPSA) is 39.2 Å². The third kappa shape index (κ3) is 3.04. The Morgan fingerprint density at radius 1 is 1.18 bits per heavy atom. The van der Waals surface area contributed by atoms with Crippen molar-refractivity contribution in [2.45, 2.75) is 6.42 Å². The van der Waals surface area contributed by atoms with Crippen LogP contribution in [0, 0.1) is 0 Å². The van der Waals surface area contributed by atoms with E-state index in [0.717, 1.165) is 6.29 Å². The van der Waals surface area contributed by atoms with Crippen LogP contribution in [0.4, 0.5) is 0 Å². The number of aromatic nitrogens is 1. The summed E-state index contributed by atoms with van der Waals surface area (Å²) in [6.45, 7) is 0. The van der Waals surface area contributed by atoms with Crippen LogP contribution in [0.1, 0.15) is 5.56 Å². The van der Waals surface area contributed by atoms with Crippen LogP contribution in [0.15, 0.2) is 42.5 Å². The molecular weight excluding hydrogens is 238 g/mol. The molecule has 0 unspecified atom stereocenters. The second-order valence-electron chi connectivity index (χ2n) is 3.38. The zero-order valence-corrected chi connectivity index (χ0v) is 9.72. The molecule has 1 heterocycles. The van der Waals surface area contributed by atoms with E-state index in [1.807, 2.05) is 30.3 Å². The number of hydrogen-bond donors (Lipinski definition) is 0. The smallest absolute Gasteiger partial charge is 0.224 e. The standard InChI is InChI=1S/C13H10ClNO2/c14-12-7-6-10(8-9-16)13(15-12)17-11-4-2-1-3-5-11/h1-7,9H,8H2. The van der Waals surface area contributed by atoms with Gasteiger partial charge in [0.2, 0.25) is 5.88 Å². The van der Waals surface area contributed by atoms with Gasteiger partial charge >= 0.3 is 0 Å². The summed E-state index contributed by atoms with van der Waals surface area (Å²) in [7, 11) is 0. The second-order valence-corrected chi connectivity index (χ2v) is 3.77. The summed E-state index contributed by atoms with van der Waals surface area (Å²) in [4.78, 5) is 14.6. The molecule has 2 aromatic rings. The molecule has 0 aliphatic carbocycles. The molecule has 86 valence electrons. The minimum atomic E-state index is 0.256. The monoisotopic (exact) mass is 247 g/mol. The molecule has 0 aliphatic heterocycles. The molecule has 0 saturated carbocycles. The number of nitrogens with zero attached hydrogens (tertiary/aromatic N) is 1. The number of para-hydroxylation sites is 1. The molecule has 1 aromatic carbocycles. The van der Waals surface area contributed by atoms with Crippen LogP contribution in [-0.4, -0.2) is 11.3 Å². The predicted octanol–water partition coefficient (Wildman–Crippen LogP) is 3.27. The number of ether oxygens (including phenoxy) is 1. The van der Waals surface area contributed by atoms with E-state index in [9.17, 15) is 4.79 Å². The zero-order chi connectivity index (χ0) is 12.1. The summed E-state index contributed by atoms with van der Waals surface area (Å²) in [6.07, 6.45) is 1.06. The van der Waals surface area contributed by atoms with E-state index in [-0.39, 0.29) is 6.42 Å². The van der Waals surface area contributed by atoms with Gasteiger partial charge in [-0.05, 0) is 18.2 Å². The molecule has 17 heavy (non-hydrogen) atoms. The molecule has 1 aromatic heterocycles. The van der Waals surface area contributed by atoms with Crippen molar-refractivity contribution >= 4 is 17.9 Å². The van der Waals surface area contributed by atoms with Crippen LogP contribution in [-0.2, 0) is 11.2 Å². The maximum atomic E-state index is 10.5. The summed E-state index contributed by atoms with van der Waals surface area (Å²) in [5.41, 5.74) is 0.716. The highest BCUT2D eigenvalue weighted by molar-refractivity contribution is 6.29. The minimum Gasteiger partial charge on any atom is -0.439 e. The van der Waals surface area contributed by atoms with Gasteiger partial charge in [-0.25, -0.2) is 4.98 Å². The number of hydrogen-bond acceptors (Lipinski definition) is 3. The first-order chi connectivity index (χ1) is 8.29. The summed E-state index contributed by atoms with van der Waals surface area (Å²) in [5, 5.41) is 0.339. The Morgan fingerprint density at radius 2 is 1.94 bits per heavy atom. The Hall–Kier alpha value is -1.87. The summed E-state index contributed by atoms with van der Waals surface area (Å²) in [6, 6.07) is 12.6. The third-order valence-corrected chi connectivity index (χ3v) is 2.38. The molecule has 0 atom stereocenters. The normalized spacial score (nSPS) is 9.94. The lowest BCUT2D eigenvalue weighted by molar-refractivity contribution is -0.107. The van der Waals surface area contributed by atoms with Crippen molar-refractivity contribution in [3.8, 4) is 11.6 Å². The quantitative estimate of drug-likeness (QED) is 0.615. The predicted molar refractivity (Wildman–Crippen MR) is 65.5 cm³/mol. The first-order valence-corrected chi connectivity index (χ1v) is 5.49. The number of halogens is 1. The Bertz CT molecular complexity index is 514. The Kier molecular flexibility index (Phi) is 3.73. The molecule has 4 heteroatoms. The molecule has 0 N–H and O–H groups in total. The van der Waals surface area contributed by atoms with Gasteiger partial charge in [-0.2, -0.15) is 0 Å². The number of benzene rings is 1. The maximum Gasteiger partial charge on any atom is 0.224 e. The van der Waals surface area contributed by atoms with Gasteiger partial charge in [-0.3, -0.25) is 0 Å². The lowest BCUT2D eigenvalue weighted by Crippen LogP contribution is -1.96. The van der Waals surface area contributed by atoms with Crippen LogP contribution in [0.5, 0.6) is 11.6 Å². The fraction of sp³-hybridized carbons (Fsp3) is 0.0769. The number of carbonyl (C=O) groups is 1. The van der Waals surface area contributed by atoms with Crippen molar-refractivity contribution in [2.24, 2.45) is 0 Å². The highest BCUT2D eigenvalue weighted by Crippen LogP contribution is 2.24. The van der Waals surface area contributed by atoms with Gasteiger partial charge in [0.1, 0.15) is 17.2 Å². The average molecular weight is 248 g/mol. The van der Waals surface area contributed by atoms with E-state index >= 15 is 0 Å². The van der Waals surface area contributed by atoms with E-state index < -0.39 is 0 Å². The summed E-state index contributed by atoms with van der Waals surface area (Å²) < 4.78 is 5.59. The first-order valence-electron chi connectivity index (χ1n) is 5.11. The first kappa shape index (κ1) is 11.6. The van der Waals surface area contributed by atoms with Gasteiger partial charge in [0.05, 0.1) is 0 Å². The van der Waals surface area contributed by atoms with E-state index in [1.165, 1.54) is 0 Å². The molecule has 0 amide bonds. The fourth-order valence-electron chi connectivity index (χ4n) is 1.38. The highest BCUT2D eigenvalue weighted by Gasteiger charge is 2.07. The van der Waals surface area contributed by atoms with E-state index in [1.54, 1.807) is 12.1 Å². The lowest BCUT2D eigenvalue weighted by Gasteiger charge is -2.08. The van der Waals surface area contributed by atoms with Gasteiger partial charge in [-0.15, -0.1) is 0 Å². The van der Waals surface area contributed by atoms with Crippen molar-refractivity contribution in [1.82, 2.24) is 4.98 Å². The number of rotatable bonds is 4. The van der Waals surface area contributed by atoms with Gasteiger partial charge in [-0.1, -0.05) is 35.9 Å². The molecule has 2 rings (SSSR count). The molecule has 0 saturated heterocycles. The fourth-order valence-corrected chi connectivity index (χ4v) is 1.52. The van der Waals surface area contributed by atoms with Gasteiger partial charge < -0.3 is 9.53 Å². The van der Waals surface area contributed by atoms with Crippen LogP contribution >= 0.6 is 11.6 Å². The molecule has 0 aliphatic rings. The van der Waals surface area contributed by atoms with E-state index in [4.69, 9.17) is 16.3 Å². The van der Waals surface area contributed by atoms with Crippen LogP contribution < -0.4 is 4.74 Å². The van der Waals surface area contributed by atoms with Crippen LogP contribution in [0.2, 0.25) is 5.15 Å². The number of pyridine rings is 1. The lowest BCUT2D eigenvalue weighted by atomic mass is 10.2. The molecule has 0 spiro atoms. The van der Waals surface area contributed by atoms with E-state index in [0.29, 0.717) is 22.3 Å². The number of aldehydes is 1. The highest BCUT2D eigenvalue weighted by atomic mass is 35.5. The Morgan fingerprint density at radius 3 is 2.65 bits per heavy atom. The summed E-state index contributed by atoms with van der Waals surface area (Å²) in [5.74, 6) is 1.03. The molecular formula is C13H10ClNO2. The molecule has 3 nitrogen and oxygen atoms in total. The molecule has 0 radical (unpaired) electrons. The van der Waals surface area contributed by atoms with Crippen LogP contribution in [0.3, 0.4) is 0 Å².